The van der Waals surface area contributed by atoms with Gasteiger partial charge >= 0.3 is 0 Å². The van der Waals surface area contributed by atoms with Crippen LogP contribution in [-0.2, 0) is 0 Å². The fourth-order valence-electron chi connectivity index (χ4n) is 2.68. The van der Waals surface area contributed by atoms with Gasteiger partial charge in [0.1, 0.15) is 0 Å². The summed E-state index contributed by atoms with van der Waals surface area (Å²) in [4.78, 5) is 2.45. The molecule has 0 unspecified atom stereocenters. The van der Waals surface area contributed by atoms with Gasteiger partial charge in [0.15, 0.2) is 0 Å². The first-order valence-electron chi connectivity index (χ1n) is 8.16. The maximum atomic E-state index is 6.12. The molecule has 0 aliphatic heterocycles. The van der Waals surface area contributed by atoms with E-state index in [4.69, 9.17) is 5.73 Å². The Morgan fingerprint density at radius 1 is 0.909 bits per heavy atom. The van der Waals surface area contributed by atoms with Crippen LogP contribution in [0.4, 0.5) is 11.4 Å². The van der Waals surface area contributed by atoms with E-state index in [9.17, 15) is 0 Å². The van der Waals surface area contributed by atoms with Crippen LogP contribution in [0.2, 0.25) is 0 Å². The zero-order valence-corrected chi connectivity index (χ0v) is 13.7. The second-order valence-electron chi connectivity index (χ2n) is 5.44. The Balaban J connectivity index is 2.02. The van der Waals surface area contributed by atoms with Gasteiger partial charge in [0, 0.05) is 29.0 Å². The maximum absolute atomic E-state index is 6.12. The molecule has 3 N–H and O–H groups in total. The number of nitrogens with zero attached hydrogens (tertiary/aromatic N) is 1. The van der Waals surface area contributed by atoms with Gasteiger partial charge in [-0.05, 0) is 38.2 Å². The molecule has 0 amide bonds. The normalized spacial score (nSPS) is 10.9. The van der Waals surface area contributed by atoms with E-state index in [-0.39, 0.29) is 0 Å². The van der Waals surface area contributed by atoms with Crippen molar-refractivity contribution in [3.05, 3.63) is 48.5 Å². The average molecular weight is 297 g/mol. The van der Waals surface area contributed by atoms with Crippen molar-refractivity contribution in [3.8, 4) is 11.1 Å². The van der Waals surface area contributed by atoms with Gasteiger partial charge in [0.05, 0.1) is 0 Å². The molecule has 0 atom stereocenters. The summed E-state index contributed by atoms with van der Waals surface area (Å²) in [7, 11) is 0. The molecule has 2 aromatic rings. The fraction of sp³-hybridized carbons (Fsp3) is 0.368. The monoisotopic (exact) mass is 297 g/mol. The predicted octanol–water partition coefficient (Wildman–Crippen LogP) is 4.08. The molecule has 0 saturated heterocycles. The number of benzene rings is 2. The van der Waals surface area contributed by atoms with Crippen molar-refractivity contribution < 1.29 is 0 Å². The highest BCUT2D eigenvalue weighted by molar-refractivity contribution is 5.85. The first-order chi connectivity index (χ1) is 10.8. The second kappa shape index (κ2) is 8.44. The van der Waals surface area contributed by atoms with Crippen molar-refractivity contribution >= 4 is 11.4 Å². The van der Waals surface area contributed by atoms with Crippen LogP contribution in [0.25, 0.3) is 11.1 Å². The van der Waals surface area contributed by atoms with Gasteiger partial charge in [0.25, 0.3) is 0 Å². The van der Waals surface area contributed by atoms with E-state index in [1.165, 1.54) is 5.56 Å². The lowest BCUT2D eigenvalue weighted by molar-refractivity contribution is 0.303. The minimum absolute atomic E-state index is 0.819. The van der Waals surface area contributed by atoms with E-state index < -0.39 is 0 Å². The van der Waals surface area contributed by atoms with Crippen LogP contribution in [0.3, 0.4) is 0 Å². The molecule has 0 spiro atoms. The first kappa shape index (κ1) is 16.4. The largest absolute Gasteiger partial charge is 0.398 e. The Bertz CT molecular complexity index is 576. The molecule has 0 bridgehead atoms. The van der Waals surface area contributed by atoms with Gasteiger partial charge in [-0.1, -0.05) is 50.2 Å². The van der Waals surface area contributed by atoms with Crippen LogP contribution in [-0.4, -0.2) is 31.1 Å². The van der Waals surface area contributed by atoms with Crippen LogP contribution in [0.15, 0.2) is 48.5 Å². The highest BCUT2D eigenvalue weighted by atomic mass is 15.1. The topological polar surface area (TPSA) is 41.3 Å². The molecule has 0 aliphatic carbocycles. The summed E-state index contributed by atoms with van der Waals surface area (Å²) in [6, 6.07) is 16.4. The number of anilines is 2. The highest BCUT2D eigenvalue weighted by Gasteiger charge is 2.07. The first-order valence-corrected chi connectivity index (χ1v) is 8.16. The second-order valence-corrected chi connectivity index (χ2v) is 5.44. The fourth-order valence-corrected chi connectivity index (χ4v) is 2.68. The van der Waals surface area contributed by atoms with Crippen LogP contribution < -0.4 is 11.1 Å². The number of nitrogens with two attached hydrogens (primary N) is 1. The summed E-state index contributed by atoms with van der Waals surface area (Å²) in [5, 5.41) is 3.56. The van der Waals surface area contributed by atoms with E-state index in [2.05, 4.69) is 54.4 Å². The van der Waals surface area contributed by atoms with Crippen LogP contribution in [0.5, 0.6) is 0 Å². The summed E-state index contributed by atoms with van der Waals surface area (Å²) in [6.45, 7) is 8.77. The van der Waals surface area contributed by atoms with E-state index in [0.29, 0.717) is 0 Å². The van der Waals surface area contributed by atoms with E-state index >= 15 is 0 Å². The Morgan fingerprint density at radius 3 is 2.23 bits per heavy atom. The molecular formula is C19H27N3. The minimum atomic E-state index is 0.819. The summed E-state index contributed by atoms with van der Waals surface area (Å²) in [5.74, 6) is 0. The number of nitrogen functional groups attached to an aromatic ring is 1. The molecule has 0 aromatic heterocycles. The highest BCUT2D eigenvalue weighted by Crippen LogP contribution is 2.31. The minimum Gasteiger partial charge on any atom is -0.398 e. The predicted molar refractivity (Wildman–Crippen MR) is 97.2 cm³/mol. The van der Waals surface area contributed by atoms with Crippen molar-refractivity contribution in [1.29, 1.82) is 0 Å². The van der Waals surface area contributed by atoms with Crippen LogP contribution >= 0.6 is 0 Å². The molecule has 22 heavy (non-hydrogen) atoms. The Hall–Kier alpha value is -2.00. The molecule has 2 rings (SSSR count). The van der Waals surface area contributed by atoms with Gasteiger partial charge in [-0.2, -0.15) is 0 Å². The van der Waals surface area contributed by atoms with Crippen molar-refractivity contribution in [2.75, 3.05) is 37.2 Å². The summed E-state index contributed by atoms with van der Waals surface area (Å²) < 4.78 is 0. The van der Waals surface area contributed by atoms with Gasteiger partial charge in [-0.15, -0.1) is 0 Å². The third-order valence-corrected chi connectivity index (χ3v) is 4.04. The molecular weight excluding hydrogens is 270 g/mol. The van der Waals surface area contributed by atoms with E-state index in [1.54, 1.807) is 0 Å². The Morgan fingerprint density at radius 2 is 1.55 bits per heavy atom. The van der Waals surface area contributed by atoms with Gasteiger partial charge in [0.2, 0.25) is 0 Å². The van der Waals surface area contributed by atoms with Gasteiger partial charge < -0.3 is 16.0 Å². The summed E-state index contributed by atoms with van der Waals surface area (Å²) in [5.41, 5.74) is 10.4. The van der Waals surface area contributed by atoms with E-state index in [0.717, 1.165) is 49.5 Å². The molecule has 0 fully saturated rings. The molecule has 0 aliphatic rings. The van der Waals surface area contributed by atoms with Gasteiger partial charge in [-0.25, -0.2) is 0 Å². The van der Waals surface area contributed by atoms with Gasteiger partial charge in [-0.3, -0.25) is 0 Å². The smallest absolute Gasteiger partial charge is 0.0420 e. The van der Waals surface area contributed by atoms with Crippen molar-refractivity contribution in [1.82, 2.24) is 4.90 Å². The number of rotatable bonds is 8. The lowest BCUT2D eigenvalue weighted by Crippen LogP contribution is -2.25. The standard InChI is InChI=1S/C19H27N3/c1-3-22(4-2)15-9-14-21-19-13-8-6-11-17(19)16-10-5-7-12-18(16)20/h5-8,10-13,21H,3-4,9,14-15,20H2,1-2H3. The molecule has 2 aromatic carbocycles. The van der Waals surface area contributed by atoms with Crippen molar-refractivity contribution in [3.63, 3.8) is 0 Å². The molecule has 0 heterocycles. The Kier molecular flexibility index (Phi) is 6.28. The number of hydrogen-bond acceptors (Lipinski definition) is 3. The van der Waals surface area contributed by atoms with Crippen molar-refractivity contribution in [2.45, 2.75) is 20.3 Å². The lowest BCUT2D eigenvalue weighted by Gasteiger charge is -2.18. The molecule has 3 nitrogen and oxygen atoms in total. The number of para-hydroxylation sites is 2. The third-order valence-electron chi connectivity index (χ3n) is 4.04. The molecule has 118 valence electrons. The molecule has 0 saturated carbocycles. The quantitative estimate of drug-likeness (QED) is 0.570. The maximum Gasteiger partial charge on any atom is 0.0420 e. The van der Waals surface area contributed by atoms with Crippen LogP contribution in [0, 0.1) is 0 Å². The zero-order chi connectivity index (χ0) is 15.8. The lowest BCUT2D eigenvalue weighted by atomic mass is 10.0. The van der Waals surface area contributed by atoms with E-state index in [1.807, 2.05) is 18.2 Å². The Labute approximate surface area is 134 Å². The SMILES string of the molecule is CCN(CC)CCCNc1ccccc1-c1ccccc1N. The third kappa shape index (κ3) is 4.25. The number of nitrogens with one attached hydrogen (secondary N) is 1. The molecule has 3 heteroatoms. The zero-order valence-electron chi connectivity index (χ0n) is 13.7. The average Bonchev–Trinajstić information content (AvgIpc) is 2.56. The summed E-state index contributed by atoms with van der Waals surface area (Å²) in [6.07, 6.45) is 1.14. The molecule has 0 radical (unpaired) electrons. The van der Waals surface area contributed by atoms with Crippen molar-refractivity contribution in [2.24, 2.45) is 0 Å². The number of hydrogen-bond donors (Lipinski definition) is 2. The summed E-state index contributed by atoms with van der Waals surface area (Å²) >= 11 is 0. The van der Waals surface area contributed by atoms with Crippen LogP contribution in [0.1, 0.15) is 20.3 Å².